The molecular formula is C28H25N5O. The average Bonchev–Trinajstić information content (AvgIpc) is 2.91. The highest BCUT2D eigenvalue weighted by Gasteiger charge is 2.10. The molecule has 0 bridgehead atoms. The van der Waals surface area contributed by atoms with Crippen molar-refractivity contribution < 1.29 is 4.74 Å². The predicted molar refractivity (Wildman–Crippen MR) is 137 cm³/mol. The summed E-state index contributed by atoms with van der Waals surface area (Å²) < 4.78 is 5.49. The normalized spacial score (nSPS) is 10.7. The number of nitrogens with zero attached hydrogens (tertiary/aromatic N) is 3. The summed E-state index contributed by atoms with van der Waals surface area (Å²) >= 11 is 0. The highest BCUT2D eigenvalue weighted by atomic mass is 16.5. The molecule has 0 unspecified atom stereocenters. The first-order valence-corrected chi connectivity index (χ1v) is 11.1. The standard InChI is InChI=1S/C28H25N5O/c1-34-27-9-3-2-7-22(27)19-32-28-15-24(21-8-5-13-30-18-21)25-14-23(10-11-26(25)33-28)31-17-20-6-4-12-29-16-20/h2-16,18,31H,17,19H2,1H3,(H,32,33). The summed E-state index contributed by atoms with van der Waals surface area (Å²) in [5, 5.41) is 8.02. The molecule has 3 aromatic heterocycles. The van der Waals surface area contributed by atoms with Crippen LogP contribution in [0.25, 0.3) is 22.0 Å². The van der Waals surface area contributed by atoms with Gasteiger partial charge in [-0.2, -0.15) is 0 Å². The van der Waals surface area contributed by atoms with Crippen molar-refractivity contribution in [2.75, 3.05) is 17.7 Å². The first-order valence-electron chi connectivity index (χ1n) is 11.1. The summed E-state index contributed by atoms with van der Waals surface area (Å²) in [6.45, 7) is 1.31. The lowest BCUT2D eigenvalue weighted by molar-refractivity contribution is 0.410. The van der Waals surface area contributed by atoms with E-state index >= 15 is 0 Å². The van der Waals surface area contributed by atoms with Crippen LogP contribution in [0.5, 0.6) is 5.75 Å². The number of para-hydroxylation sites is 1. The summed E-state index contributed by atoms with van der Waals surface area (Å²) in [5.74, 6) is 1.65. The van der Waals surface area contributed by atoms with Crippen molar-refractivity contribution in [2.24, 2.45) is 0 Å². The van der Waals surface area contributed by atoms with Crippen LogP contribution >= 0.6 is 0 Å². The smallest absolute Gasteiger partial charge is 0.127 e. The van der Waals surface area contributed by atoms with Crippen LogP contribution in [0.2, 0.25) is 0 Å². The molecule has 0 spiro atoms. The fourth-order valence-electron chi connectivity index (χ4n) is 3.93. The van der Waals surface area contributed by atoms with Gasteiger partial charge in [0.2, 0.25) is 0 Å². The fourth-order valence-corrected chi connectivity index (χ4v) is 3.93. The first-order chi connectivity index (χ1) is 16.8. The molecule has 168 valence electrons. The van der Waals surface area contributed by atoms with E-state index < -0.39 is 0 Å². The number of methoxy groups -OCH3 is 1. The second-order valence-corrected chi connectivity index (χ2v) is 7.91. The van der Waals surface area contributed by atoms with Crippen molar-refractivity contribution in [3.63, 3.8) is 0 Å². The van der Waals surface area contributed by atoms with Crippen LogP contribution in [0.15, 0.2) is 97.6 Å². The summed E-state index contributed by atoms with van der Waals surface area (Å²) in [6, 6.07) is 24.4. The number of ether oxygens (including phenoxy) is 1. The fraction of sp³-hybridized carbons (Fsp3) is 0.107. The molecule has 3 heterocycles. The maximum atomic E-state index is 5.49. The molecule has 2 N–H and O–H groups in total. The minimum Gasteiger partial charge on any atom is -0.496 e. The lowest BCUT2D eigenvalue weighted by Gasteiger charge is -2.14. The lowest BCUT2D eigenvalue weighted by atomic mass is 10.0. The van der Waals surface area contributed by atoms with Gasteiger partial charge in [0.1, 0.15) is 11.6 Å². The SMILES string of the molecule is COc1ccccc1CNc1cc(-c2cccnc2)c2cc(NCc3cccnc3)ccc2n1. The van der Waals surface area contributed by atoms with E-state index in [2.05, 4.69) is 63.1 Å². The third-order valence-corrected chi connectivity index (χ3v) is 5.65. The quantitative estimate of drug-likeness (QED) is 0.307. The Morgan fingerprint density at radius 2 is 1.65 bits per heavy atom. The van der Waals surface area contributed by atoms with Gasteiger partial charge in [-0.1, -0.05) is 30.3 Å². The van der Waals surface area contributed by atoms with Crippen LogP contribution < -0.4 is 15.4 Å². The molecule has 5 aromatic rings. The zero-order valence-electron chi connectivity index (χ0n) is 18.9. The summed E-state index contributed by atoms with van der Waals surface area (Å²) in [6.07, 6.45) is 7.32. The van der Waals surface area contributed by atoms with Crippen LogP contribution in [-0.4, -0.2) is 22.1 Å². The Bertz CT molecular complexity index is 1390. The van der Waals surface area contributed by atoms with Crippen LogP contribution in [0.1, 0.15) is 11.1 Å². The molecule has 34 heavy (non-hydrogen) atoms. The highest BCUT2D eigenvalue weighted by molar-refractivity contribution is 5.97. The summed E-state index contributed by atoms with van der Waals surface area (Å²) in [5.41, 5.74) is 6.26. The van der Waals surface area contributed by atoms with Crippen molar-refractivity contribution >= 4 is 22.4 Å². The van der Waals surface area contributed by atoms with Crippen LogP contribution in [0, 0.1) is 0 Å². The minimum absolute atomic E-state index is 0.611. The molecule has 0 amide bonds. The van der Waals surface area contributed by atoms with Crippen molar-refractivity contribution in [1.82, 2.24) is 15.0 Å². The summed E-state index contributed by atoms with van der Waals surface area (Å²) in [4.78, 5) is 13.4. The molecule has 0 aliphatic carbocycles. The molecule has 0 radical (unpaired) electrons. The zero-order chi connectivity index (χ0) is 23.2. The van der Waals surface area contributed by atoms with Gasteiger partial charge in [-0.25, -0.2) is 4.98 Å². The lowest BCUT2D eigenvalue weighted by Crippen LogP contribution is -2.04. The Kier molecular flexibility index (Phi) is 6.29. The molecule has 0 atom stereocenters. The Labute approximate surface area is 198 Å². The van der Waals surface area contributed by atoms with Crippen molar-refractivity contribution in [1.29, 1.82) is 0 Å². The number of hydrogen-bond donors (Lipinski definition) is 2. The maximum absolute atomic E-state index is 5.49. The Balaban J connectivity index is 1.47. The number of aromatic nitrogens is 3. The maximum Gasteiger partial charge on any atom is 0.127 e. The molecule has 0 fully saturated rings. The van der Waals surface area contributed by atoms with Crippen LogP contribution in [0.4, 0.5) is 11.5 Å². The van der Waals surface area contributed by atoms with E-state index in [0.717, 1.165) is 50.4 Å². The monoisotopic (exact) mass is 447 g/mol. The third-order valence-electron chi connectivity index (χ3n) is 5.65. The van der Waals surface area contributed by atoms with Gasteiger partial charge in [0.05, 0.1) is 12.6 Å². The average molecular weight is 448 g/mol. The van der Waals surface area contributed by atoms with Gasteiger partial charge in [0.15, 0.2) is 0 Å². The highest BCUT2D eigenvalue weighted by Crippen LogP contribution is 2.32. The predicted octanol–water partition coefficient (Wildman–Crippen LogP) is 5.92. The molecule has 0 saturated carbocycles. The molecule has 0 saturated heterocycles. The van der Waals surface area contributed by atoms with Gasteiger partial charge >= 0.3 is 0 Å². The van der Waals surface area contributed by atoms with E-state index in [1.807, 2.05) is 42.7 Å². The Hall–Kier alpha value is -4.45. The van der Waals surface area contributed by atoms with Gasteiger partial charge in [0.25, 0.3) is 0 Å². The summed E-state index contributed by atoms with van der Waals surface area (Å²) in [7, 11) is 1.69. The Morgan fingerprint density at radius 3 is 2.44 bits per heavy atom. The number of rotatable bonds is 8. The second kappa shape index (κ2) is 10.0. The molecule has 6 nitrogen and oxygen atoms in total. The van der Waals surface area contributed by atoms with Crippen LogP contribution in [-0.2, 0) is 13.1 Å². The first kappa shape index (κ1) is 21.4. The van der Waals surface area contributed by atoms with Crippen LogP contribution in [0.3, 0.4) is 0 Å². The second-order valence-electron chi connectivity index (χ2n) is 7.91. The Morgan fingerprint density at radius 1 is 0.794 bits per heavy atom. The molecular weight excluding hydrogens is 422 g/mol. The number of pyridine rings is 3. The van der Waals surface area contributed by atoms with E-state index in [9.17, 15) is 0 Å². The van der Waals surface area contributed by atoms with E-state index in [4.69, 9.17) is 9.72 Å². The number of hydrogen-bond acceptors (Lipinski definition) is 6. The van der Waals surface area contributed by atoms with E-state index in [1.54, 1.807) is 19.5 Å². The third kappa shape index (κ3) is 4.81. The van der Waals surface area contributed by atoms with E-state index in [0.29, 0.717) is 13.1 Å². The van der Waals surface area contributed by atoms with E-state index in [1.165, 1.54) is 0 Å². The van der Waals surface area contributed by atoms with Gasteiger partial charge < -0.3 is 15.4 Å². The molecule has 6 heteroatoms. The van der Waals surface area contributed by atoms with Crippen molar-refractivity contribution in [3.8, 4) is 16.9 Å². The number of fused-ring (bicyclic) bond motifs is 1. The number of nitrogens with one attached hydrogen (secondary N) is 2. The van der Waals surface area contributed by atoms with Gasteiger partial charge in [-0.3, -0.25) is 9.97 Å². The van der Waals surface area contributed by atoms with Crippen molar-refractivity contribution in [2.45, 2.75) is 13.1 Å². The largest absolute Gasteiger partial charge is 0.496 e. The molecule has 2 aromatic carbocycles. The van der Waals surface area contributed by atoms with E-state index in [-0.39, 0.29) is 0 Å². The number of anilines is 2. The molecule has 5 rings (SSSR count). The van der Waals surface area contributed by atoms with Crippen molar-refractivity contribution in [3.05, 3.63) is 109 Å². The zero-order valence-corrected chi connectivity index (χ0v) is 18.9. The van der Waals surface area contributed by atoms with Gasteiger partial charge in [0, 0.05) is 60.1 Å². The molecule has 0 aliphatic heterocycles. The topological polar surface area (TPSA) is 72.0 Å². The van der Waals surface area contributed by atoms with Gasteiger partial charge in [-0.05, 0) is 53.6 Å². The number of benzene rings is 2. The minimum atomic E-state index is 0.611. The molecule has 0 aliphatic rings. The van der Waals surface area contributed by atoms with Gasteiger partial charge in [-0.15, -0.1) is 0 Å².